The third-order valence-electron chi connectivity index (χ3n) is 2.44. The number of fused-ring (bicyclic) bond motifs is 1. The fourth-order valence-corrected chi connectivity index (χ4v) is 1.51. The SMILES string of the molecule is CC(C)c1nc2ccc(OCCCO)cc2o1. The fraction of sp³-hybridized carbons (Fsp3) is 0.462. The molecule has 0 bridgehead atoms. The van der Waals surface area contributed by atoms with E-state index in [0.717, 1.165) is 22.7 Å². The number of oxazole rings is 1. The number of rotatable bonds is 5. The lowest BCUT2D eigenvalue weighted by atomic mass is 10.2. The molecule has 4 heteroatoms. The Bertz CT molecular complexity index is 490. The van der Waals surface area contributed by atoms with Gasteiger partial charge in [0.05, 0.1) is 6.61 Å². The van der Waals surface area contributed by atoms with Crippen molar-refractivity contribution in [2.45, 2.75) is 26.2 Å². The Morgan fingerprint density at radius 1 is 1.41 bits per heavy atom. The average molecular weight is 235 g/mol. The van der Waals surface area contributed by atoms with Crippen LogP contribution in [0.1, 0.15) is 32.1 Å². The first-order valence-electron chi connectivity index (χ1n) is 5.85. The number of nitrogens with zero attached hydrogens (tertiary/aromatic N) is 1. The summed E-state index contributed by atoms with van der Waals surface area (Å²) < 4.78 is 11.1. The molecule has 92 valence electrons. The van der Waals surface area contributed by atoms with E-state index in [2.05, 4.69) is 4.98 Å². The minimum absolute atomic E-state index is 0.141. The predicted molar refractivity (Wildman–Crippen MR) is 65.3 cm³/mol. The molecule has 1 aromatic carbocycles. The second kappa shape index (κ2) is 5.19. The molecule has 0 aliphatic heterocycles. The van der Waals surface area contributed by atoms with E-state index in [4.69, 9.17) is 14.3 Å². The fourth-order valence-electron chi connectivity index (χ4n) is 1.51. The van der Waals surface area contributed by atoms with Crippen LogP contribution in [-0.2, 0) is 0 Å². The van der Waals surface area contributed by atoms with Crippen molar-refractivity contribution in [1.82, 2.24) is 4.98 Å². The van der Waals surface area contributed by atoms with Crippen molar-refractivity contribution >= 4 is 11.1 Å². The molecule has 0 unspecified atom stereocenters. The van der Waals surface area contributed by atoms with Crippen LogP contribution < -0.4 is 4.74 Å². The van der Waals surface area contributed by atoms with Crippen LogP contribution in [0.5, 0.6) is 5.75 Å². The molecule has 2 aromatic rings. The maximum Gasteiger partial charge on any atom is 0.198 e. The van der Waals surface area contributed by atoms with Crippen LogP contribution in [0.25, 0.3) is 11.1 Å². The predicted octanol–water partition coefficient (Wildman–Crippen LogP) is 2.71. The first-order valence-corrected chi connectivity index (χ1v) is 5.85. The van der Waals surface area contributed by atoms with Crippen LogP contribution in [0, 0.1) is 0 Å². The molecule has 0 aliphatic carbocycles. The van der Waals surface area contributed by atoms with Crippen LogP contribution in [0.2, 0.25) is 0 Å². The molecule has 4 nitrogen and oxygen atoms in total. The monoisotopic (exact) mass is 235 g/mol. The van der Waals surface area contributed by atoms with Crippen molar-refractivity contribution in [3.63, 3.8) is 0 Å². The van der Waals surface area contributed by atoms with Crippen LogP contribution in [0.4, 0.5) is 0 Å². The molecular weight excluding hydrogens is 218 g/mol. The van der Waals surface area contributed by atoms with E-state index in [1.165, 1.54) is 0 Å². The summed E-state index contributed by atoms with van der Waals surface area (Å²) in [6.07, 6.45) is 0.631. The third-order valence-corrected chi connectivity index (χ3v) is 2.44. The number of aliphatic hydroxyl groups excluding tert-OH is 1. The first kappa shape index (κ1) is 11.9. The number of hydrogen-bond acceptors (Lipinski definition) is 4. The largest absolute Gasteiger partial charge is 0.493 e. The number of benzene rings is 1. The second-order valence-corrected chi connectivity index (χ2v) is 4.26. The van der Waals surface area contributed by atoms with Gasteiger partial charge in [-0.1, -0.05) is 13.8 Å². The summed E-state index contributed by atoms with van der Waals surface area (Å²) in [7, 11) is 0. The highest BCUT2D eigenvalue weighted by Crippen LogP contribution is 2.24. The van der Waals surface area contributed by atoms with Gasteiger partial charge in [-0.15, -0.1) is 0 Å². The maximum absolute atomic E-state index is 8.67. The van der Waals surface area contributed by atoms with Crippen LogP contribution in [0.3, 0.4) is 0 Å². The van der Waals surface area contributed by atoms with Crippen molar-refractivity contribution in [3.8, 4) is 5.75 Å². The Balaban J connectivity index is 2.18. The lowest BCUT2D eigenvalue weighted by Crippen LogP contribution is -1.99. The van der Waals surface area contributed by atoms with Gasteiger partial charge in [0.15, 0.2) is 11.5 Å². The number of ether oxygens (including phenoxy) is 1. The first-order chi connectivity index (χ1) is 8.20. The molecule has 0 spiro atoms. The van der Waals surface area contributed by atoms with Gasteiger partial charge in [0.1, 0.15) is 11.3 Å². The van der Waals surface area contributed by atoms with Crippen molar-refractivity contribution in [1.29, 1.82) is 0 Å². The van der Waals surface area contributed by atoms with E-state index < -0.39 is 0 Å². The summed E-state index contributed by atoms with van der Waals surface area (Å²) in [4.78, 5) is 4.39. The Labute approximate surface area is 100 Å². The molecule has 2 rings (SSSR count). The molecule has 1 N–H and O–H groups in total. The zero-order valence-corrected chi connectivity index (χ0v) is 10.1. The van der Waals surface area contributed by atoms with Crippen molar-refractivity contribution < 1.29 is 14.3 Å². The average Bonchev–Trinajstić information content (AvgIpc) is 2.72. The number of hydrogen-bond donors (Lipinski definition) is 1. The highest BCUT2D eigenvalue weighted by atomic mass is 16.5. The van der Waals surface area contributed by atoms with Gasteiger partial charge < -0.3 is 14.3 Å². The topological polar surface area (TPSA) is 55.5 Å². The zero-order valence-electron chi connectivity index (χ0n) is 10.1. The Hall–Kier alpha value is -1.55. The van der Waals surface area contributed by atoms with Crippen molar-refractivity contribution in [2.24, 2.45) is 0 Å². The van der Waals surface area contributed by atoms with Gasteiger partial charge >= 0.3 is 0 Å². The van der Waals surface area contributed by atoms with Crippen LogP contribution >= 0.6 is 0 Å². The summed E-state index contributed by atoms with van der Waals surface area (Å²) in [6.45, 7) is 4.74. The molecule has 0 atom stereocenters. The van der Waals surface area contributed by atoms with Gasteiger partial charge in [0.25, 0.3) is 0 Å². The van der Waals surface area contributed by atoms with E-state index in [1.807, 2.05) is 32.0 Å². The number of aromatic nitrogens is 1. The van der Waals surface area contributed by atoms with Crippen molar-refractivity contribution in [3.05, 3.63) is 24.1 Å². The summed E-state index contributed by atoms with van der Waals surface area (Å²) in [6, 6.07) is 5.59. The van der Waals surface area contributed by atoms with E-state index in [-0.39, 0.29) is 12.5 Å². The summed E-state index contributed by atoms with van der Waals surface area (Å²) in [5, 5.41) is 8.67. The standard InChI is InChI=1S/C13H17NO3/c1-9(2)13-14-11-5-4-10(8-12(11)17-13)16-7-3-6-15/h4-5,8-9,15H,3,6-7H2,1-2H3. The lowest BCUT2D eigenvalue weighted by Gasteiger charge is -2.03. The van der Waals surface area contributed by atoms with Gasteiger partial charge in [-0.05, 0) is 12.1 Å². The second-order valence-electron chi connectivity index (χ2n) is 4.26. The molecule has 17 heavy (non-hydrogen) atoms. The van der Waals surface area contributed by atoms with Gasteiger partial charge in [-0.25, -0.2) is 4.98 Å². The van der Waals surface area contributed by atoms with E-state index >= 15 is 0 Å². The molecule has 0 aliphatic rings. The minimum atomic E-state index is 0.141. The van der Waals surface area contributed by atoms with Gasteiger partial charge in [-0.3, -0.25) is 0 Å². The van der Waals surface area contributed by atoms with Crippen LogP contribution in [0.15, 0.2) is 22.6 Å². The Morgan fingerprint density at radius 3 is 2.94 bits per heavy atom. The third kappa shape index (κ3) is 2.77. The molecule has 0 amide bonds. The van der Waals surface area contributed by atoms with E-state index in [9.17, 15) is 0 Å². The van der Waals surface area contributed by atoms with Gasteiger partial charge in [0.2, 0.25) is 0 Å². The minimum Gasteiger partial charge on any atom is -0.493 e. The maximum atomic E-state index is 8.67. The highest BCUT2D eigenvalue weighted by Gasteiger charge is 2.09. The molecule has 1 heterocycles. The molecule has 0 fully saturated rings. The summed E-state index contributed by atoms with van der Waals surface area (Å²) in [5.41, 5.74) is 1.60. The molecule has 0 saturated heterocycles. The summed E-state index contributed by atoms with van der Waals surface area (Å²) >= 11 is 0. The molecular formula is C13H17NO3. The van der Waals surface area contributed by atoms with E-state index in [1.54, 1.807) is 0 Å². The Morgan fingerprint density at radius 2 is 2.24 bits per heavy atom. The zero-order chi connectivity index (χ0) is 12.3. The lowest BCUT2D eigenvalue weighted by molar-refractivity contribution is 0.233. The normalized spacial score (nSPS) is 11.3. The molecule has 0 saturated carbocycles. The van der Waals surface area contributed by atoms with E-state index in [0.29, 0.717) is 13.0 Å². The van der Waals surface area contributed by atoms with Crippen molar-refractivity contribution in [2.75, 3.05) is 13.2 Å². The smallest absolute Gasteiger partial charge is 0.198 e. The number of aliphatic hydroxyl groups is 1. The van der Waals surface area contributed by atoms with Gasteiger partial charge in [-0.2, -0.15) is 0 Å². The van der Waals surface area contributed by atoms with Crippen LogP contribution in [-0.4, -0.2) is 23.3 Å². The quantitative estimate of drug-likeness (QED) is 0.809. The molecule has 0 radical (unpaired) electrons. The summed E-state index contributed by atoms with van der Waals surface area (Å²) in [5.74, 6) is 1.77. The van der Waals surface area contributed by atoms with Gasteiger partial charge in [0, 0.05) is 25.0 Å². The highest BCUT2D eigenvalue weighted by molar-refractivity contribution is 5.74. The Kier molecular flexibility index (Phi) is 3.64. The molecule has 1 aromatic heterocycles.